The molecule has 0 aromatic carbocycles. The first-order chi connectivity index (χ1) is 7.48. The van der Waals surface area contributed by atoms with Crippen LogP contribution >= 0.6 is 0 Å². The van der Waals surface area contributed by atoms with Crippen molar-refractivity contribution in [2.75, 3.05) is 18.1 Å². The Balaban J connectivity index is 1.80. The number of sulfone groups is 1. The van der Waals surface area contributed by atoms with Crippen LogP contribution in [0.3, 0.4) is 0 Å². The van der Waals surface area contributed by atoms with Gasteiger partial charge in [0.1, 0.15) is 6.04 Å². The highest BCUT2D eigenvalue weighted by atomic mass is 32.2. The summed E-state index contributed by atoms with van der Waals surface area (Å²) in [6.45, 7) is 0.507. The van der Waals surface area contributed by atoms with E-state index >= 15 is 0 Å². The van der Waals surface area contributed by atoms with Crippen LogP contribution in [0.15, 0.2) is 0 Å². The molecule has 2 atom stereocenters. The van der Waals surface area contributed by atoms with Crippen molar-refractivity contribution in [3.63, 3.8) is 0 Å². The summed E-state index contributed by atoms with van der Waals surface area (Å²) in [6, 6.07) is -0.483. The zero-order valence-corrected chi connectivity index (χ0v) is 9.87. The second-order valence-corrected chi connectivity index (χ2v) is 7.06. The van der Waals surface area contributed by atoms with E-state index in [1.807, 2.05) is 0 Å². The van der Waals surface area contributed by atoms with E-state index in [0.29, 0.717) is 13.0 Å². The zero-order valence-electron chi connectivity index (χ0n) is 9.05. The minimum Gasteiger partial charge on any atom is -0.480 e. The van der Waals surface area contributed by atoms with Crippen molar-refractivity contribution in [2.24, 2.45) is 11.8 Å². The van der Waals surface area contributed by atoms with Crippen LogP contribution in [0.2, 0.25) is 0 Å². The molecule has 1 aliphatic heterocycles. The quantitative estimate of drug-likeness (QED) is 0.707. The highest BCUT2D eigenvalue weighted by molar-refractivity contribution is 7.91. The Labute approximate surface area is 95.1 Å². The SMILES string of the molecule is O=C(O)C(NCC1CCS(=O)(=O)C1)C1CC1. The largest absolute Gasteiger partial charge is 0.480 e. The van der Waals surface area contributed by atoms with Crippen LogP contribution in [0.25, 0.3) is 0 Å². The fraction of sp³-hybridized carbons (Fsp3) is 0.900. The molecule has 1 saturated carbocycles. The van der Waals surface area contributed by atoms with Crippen molar-refractivity contribution >= 4 is 15.8 Å². The first-order valence-corrected chi connectivity index (χ1v) is 7.47. The Kier molecular flexibility index (Phi) is 3.21. The molecule has 0 aromatic rings. The van der Waals surface area contributed by atoms with Gasteiger partial charge in [-0.15, -0.1) is 0 Å². The van der Waals surface area contributed by atoms with Crippen molar-refractivity contribution < 1.29 is 18.3 Å². The summed E-state index contributed by atoms with van der Waals surface area (Å²) in [5.74, 6) is -0.0261. The summed E-state index contributed by atoms with van der Waals surface area (Å²) in [7, 11) is -2.86. The van der Waals surface area contributed by atoms with Crippen LogP contribution in [0.5, 0.6) is 0 Å². The molecule has 0 radical (unpaired) electrons. The van der Waals surface area contributed by atoms with Crippen LogP contribution in [-0.4, -0.2) is 43.6 Å². The molecule has 0 bridgehead atoms. The van der Waals surface area contributed by atoms with Gasteiger partial charge in [0.2, 0.25) is 0 Å². The predicted molar refractivity (Wildman–Crippen MR) is 58.9 cm³/mol. The third kappa shape index (κ3) is 2.95. The van der Waals surface area contributed by atoms with E-state index in [1.165, 1.54) is 0 Å². The Morgan fingerprint density at radius 3 is 2.50 bits per heavy atom. The number of carbonyl (C=O) groups is 1. The zero-order chi connectivity index (χ0) is 11.8. The van der Waals surface area contributed by atoms with E-state index in [-0.39, 0.29) is 23.3 Å². The molecule has 6 heteroatoms. The van der Waals surface area contributed by atoms with Crippen molar-refractivity contribution in [1.29, 1.82) is 0 Å². The lowest BCUT2D eigenvalue weighted by Crippen LogP contribution is -2.41. The predicted octanol–water partition coefficient (Wildman–Crippen LogP) is -0.126. The van der Waals surface area contributed by atoms with Gasteiger partial charge < -0.3 is 10.4 Å². The molecule has 92 valence electrons. The molecule has 0 aromatic heterocycles. The van der Waals surface area contributed by atoms with Crippen molar-refractivity contribution in [1.82, 2.24) is 5.32 Å². The lowest BCUT2D eigenvalue weighted by molar-refractivity contribution is -0.140. The monoisotopic (exact) mass is 247 g/mol. The molecular weight excluding hydrogens is 230 g/mol. The lowest BCUT2D eigenvalue weighted by Gasteiger charge is -2.16. The van der Waals surface area contributed by atoms with E-state index in [0.717, 1.165) is 12.8 Å². The highest BCUT2D eigenvalue weighted by Crippen LogP contribution is 2.33. The maximum atomic E-state index is 11.2. The average molecular weight is 247 g/mol. The third-order valence-electron chi connectivity index (χ3n) is 3.31. The number of hydrogen-bond donors (Lipinski definition) is 2. The van der Waals surface area contributed by atoms with E-state index < -0.39 is 21.8 Å². The molecule has 2 unspecified atom stereocenters. The van der Waals surface area contributed by atoms with Gasteiger partial charge in [-0.1, -0.05) is 0 Å². The smallest absolute Gasteiger partial charge is 0.320 e. The number of hydrogen-bond acceptors (Lipinski definition) is 4. The Morgan fingerprint density at radius 2 is 2.06 bits per heavy atom. The normalized spacial score (nSPS) is 30.1. The van der Waals surface area contributed by atoms with Gasteiger partial charge in [-0.05, 0) is 37.6 Å². The molecule has 2 rings (SSSR count). The maximum Gasteiger partial charge on any atom is 0.320 e. The van der Waals surface area contributed by atoms with Crippen LogP contribution < -0.4 is 5.32 Å². The topological polar surface area (TPSA) is 83.5 Å². The summed E-state index contributed by atoms with van der Waals surface area (Å²) in [6.07, 6.45) is 2.59. The number of rotatable bonds is 5. The number of carboxylic acids is 1. The number of carboxylic acid groups (broad SMARTS) is 1. The van der Waals surface area contributed by atoms with Gasteiger partial charge in [0.25, 0.3) is 0 Å². The second-order valence-electron chi connectivity index (χ2n) is 4.83. The molecule has 2 N–H and O–H groups in total. The highest BCUT2D eigenvalue weighted by Gasteiger charge is 2.37. The molecular formula is C10H17NO4S. The molecule has 5 nitrogen and oxygen atoms in total. The first-order valence-electron chi connectivity index (χ1n) is 5.64. The first kappa shape index (κ1) is 11.9. The molecule has 2 fully saturated rings. The van der Waals surface area contributed by atoms with Crippen LogP contribution in [0.4, 0.5) is 0 Å². The van der Waals surface area contributed by atoms with Gasteiger partial charge in [0.15, 0.2) is 9.84 Å². The molecule has 1 heterocycles. The third-order valence-corrected chi connectivity index (χ3v) is 5.15. The summed E-state index contributed by atoms with van der Waals surface area (Å²) in [5, 5.41) is 12.0. The number of aliphatic carboxylic acids is 1. The van der Waals surface area contributed by atoms with E-state index in [4.69, 9.17) is 5.11 Å². The van der Waals surface area contributed by atoms with E-state index in [9.17, 15) is 13.2 Å². The molecule has 0 amide bonds. The Bertz CT molecular complexity index is 374. The summed E-state index contributed by atoms with van der Waals surface area (Å²) >= 11 is 0. The van der Waals surface area contributed by atoms with Gasteiger partial charge in [0, 0.05) is 0 Å². The van der Waals surface area contributed by atoms with Crippen molar-refractivity contribution in [3.05, 3.63) is 0 Å². The van der Waals surface area contributed by atoms with E-state index in [1.54, 1.807) is 0 Å². The molecule has 0 spiro atoms. The summed E-state index contributed by atoms with van der Waals surface area (Å²) in [5.41, 5.74) is 0. The molecule has 16 heavy (non-hydrogen) atoms. The van der Waals surface area contributed by atoms with Crippen LogP contribution in [-0.2, 0) is 14.6 Å². The van der Waals surface area contributed by atoms with E-state index in [2.05, 4.69) is 5.32 Å². The van der Waals surface area contributed by atoms with Gasteiger partial charge in [-0.25, -0.2) is 8.42 Å². The average Bonchev–Trinajstić information content (AvgIpc) is 2.92. The van der Waals surface area contributed by atoms with Gasteiger partial charge in [-0.2, -0.15) is 0 Å². The maximum absolute atomic E-state index is 11.2. The Morgan fingerprint density at radius 1 is 1.38 bits per heavy atom. The fourth-order valence-electron chi connectivity index (χ4n) is 2.21. The number of nitrogens with one attached hydrogen (secondary N) is 1. The van der Waals surface area contributed by atoms with Crippen LogP contribution in [0, 0.1) is 11.8 Å². The van der Waals surface area contributed by atoms with Crippen LogP contribution in [0.1, 0.15) is 19.3 Å². The Hall–Kier alpha value is -0.620. The molecule has 2 aliphatic rings. The van der Waals surface area contributed by atoms with Crippen molar-refractivity contribution in [2.45, 2.75) is 25.3 Å². The summed E-state index contributed by atoms with van der Waals surface area (Å²) < 4.78 is 22.4. The minimum atomic E-state index is -2.86. The molecule has 1 aliphatic carbocycles. The standard InChI is InChI=1S/C10H17NO4S/c12-10(13)9(8-1-2-8)11-5-7-3-4-16(14,15)6-7/h7-9,11H,1-6H2,(H,12,13). The fourth-order valence-corrected chi connectivity index (χ4v) is 4.07. The van der Waals surface area contributed by atoms with Gasteiger partial charge in [-0.3, -0.25) is 4.79 Å². The van der Waals surface area contributed by atoms with Crippen molar-refractivity contribution in [3.8, 4) is 0 Å². The molecule has 1 saturated heterocycles. The lowest BCUT2D eigenvalue weighted by atomic mass is 10.1. The van der Waals surface area contributed by atoms with Gasteiger partial charge >= 0.3 is 5.97 Å². The minimum absolute atomic E-state index is 0.0885. The van der Waals surface area contributed by atoms with Gasteiger partial charge in [0.05, 0.1) is 11.5 Å². The second kappa shape index (κ2) is 4.33. The summed E-state index contributed by atoms with van der Waals surface area (Å²) in [4.78, 5) is 10.9.